The topological polar surface area (TPSA) is 24.1 Å². The first-order valence-corrected chi connectivity index (χ1v) is 6.56. The van der Waals surface area contributed by atoms with Gasteiger partial charge >= 0.3 is 12.4 Å². The van der Waals surface area contributed by atoms with Crippen LogP contribution < -0.4 is 10.9 Å². The number of hydrogen-bond acceptors (Lipinski definition) is 2. The first kappa shape index (κ1) is 20.6. The zero-order chi connectivity index (χ0) is 20.7. The summed E-state index contributed by atoms with van der Waals surface area (Å²) in [5, 5.41) is 0. The van der Waals surface area contributed by atoms with Crippen LogP contribution in [0.3, 0.4) is 0 Å². The Labute approximate surface area is 142 Å². The fraction of sp³-hybridized carbons (Fsp3) is 0.143. The summed E-state index contributed by atoms with van der Waals surface area (Å²) in [6.45, 7) is 0. The maximum Gasteiger partial charge on any atom is 0.416 e. The monoisotopic (exact) mass is 410 g/mol. The van der Waals surface area contributed by atoms with E-state index in [4.69, 9.17) is 0 Å². The molecule has 148 valence electrons. The summed E-state index contributed by atoms with van der Waals surface area (Å²) in [6.07, 6.45) is -10.4. The van der Waals surface area contributed by atoms with Crippen molar-refractivity contribution < 1.29 is 48.3 Å². The number of rotatable bonds is 3. The van der Waals surface area contributed by atoms with E-state index in [-0.39, 0.29) is 18.2 Å². The lowest BCUT2D eigenvalue weighted by atomic mass is 10.1. The average molecular weight is 410 g/mol. The Kier molecular flexibility index (Phi) is 5.16. The van der Waals surface area contributed by atoms with E-state index < -0.39 is 63.9 Å². The molecule has 0 amide bonds. The summed E-state index contributed by atoms with van der Waals surface area (Å²) in [6, 6.07) is 0.0478. The summed E-state index contributed by atoms with van der Waals surface area (Å²) < 4.78 is 142. The molecule has 0 saturated heterocycles. The van der Waals surface area contributed by atoms with Gasteiger partial charge in [0.25, 0.3) is 0 Å². The number of anilines is 2. The van der Waals surface area contributed by atoms with E-state index in [2.05, 4.69) is 0 Å². The molecule has 13 heteroatoms. The Morgan fingerprint density at radius 2 is 0.889 bits per heavy atom. The molecule has 0 saturated carbocycles. The molecule has 0 aliphatic heterocycles. The number of hydrazine groups is 1. The first-order valence-electron chi connectivity index (χ1n) is 6.56. The maximum absolute atomic E-state index is 13.5. The summed E-state index contributed by atoms with van der Waals surface area (Å²) in [7, 11) is 0. The van der Waals surface area contributed by atoms with Gasteiger partial charge in [-0.3, -0.25) is 5.43 Å². The van der Waals surface area contributed by atoms with Crippen molar-refractivity contribution in [2.24, 2.45) is 0 Å². The molecule has 0 fully saturated rings. The van der Waals surface area contributed by atoms with E-state index in [1.165, 1.54) is 5.43 Å². The normalized spacial score (nSPS) is 12.3. The van der Waals surface area contributed by atoms with Crippen LogP contribution >= 0.6 is 0 Å². The van der Waals surface area contributed by atoms with Gasteiger partial charge < -0.3 is 5.43 Å². The van der Waals surface area contributed by atoms with Gasteiger partial charge in [0.1, 0.15) is 5.69 Å². The molecule has 2 N–H and O–H groups in total. The van der Waals surface area contributed by atoms with Crippen LogP contribution in [0.1, 0.15) is 11.1 Å². The molecule has 2 rings (SSSR count). The molecular weight excluding hydrogens is 405 g/mol. The Balaban J connectivity index is 2.45. The van der Waals surface area contributed by atoms with E-state index in [0.717, 1.165) is 0 Å². The van der Waals surface area contributed by atoms with Crippen molar-refractivity contribution in [3.63, 3.8) is 0 Å². The minimum absolute atomic E-state index is 0.133. The molecule has 0 bridgehead atoms. The van der Waals surface area contributed by atoms with Crippen LogP contribution in [0.15, 0.2) is 18.2 Å². The Hall–Kier alpha value is -2.73. The van der Waals surface area contributed by atoms with Crippen LogP contribution in [0.5, 0.6) is 0 Å². The zero-order valence-electron chi connectivity index (χ0n) is 12.4. The van der Waals surface area contributed by atoms with E-state index in [1.807, 2.05) is 0 Å². The second kappa shape index (κ2) is 6.78. The Bertz CT molecular complexity index is 810. The van der Waals surface area contributed by atoms with Crippen molar-refractivity contribution in [3.8, 4) is 0 Å². The lowest BCUT2D eigenvalue weighted by molar-refractivity contribution is -0.143. The van der Waals surface area contributed by atoms with Gasteiger partial charge in [-0.15, -0.1) is 0 Å². The molecule has 0 atom stereocenters. The van der Waals surface area contributed by atoms with Gasteiger partial charge in [0, 0.05) is 0 Å². The third kappa shape index (κ3) is 4.17. The second-order valence-electron chi connectivity index (χ2n) is 4.99. The van der Waals surface area contributed by atoms with Crippen LogP contribution in [0.4, 0.5) is 59.7 Å². The molecule has 0 radical (unpaired) electrons. The fourth-order valence-electron chi connectivity index (χ4n) is 1.88. The minimum Gasteiger partial charge on any atom is -0.301 e. The molecule has 0 aromatic heterocycles. The summed E-state index contributed by atoms with van der Waals surface area (Å²) in [4.78, 5) is 0. The molecule has 0 spiro atoms. The Morgan fingerprint density at radius 1 is 0.519 bits per heavy atom. The van der Waals surface area contributed by atoms with E-state index >= 15 is 0 Å². The molecule has 2 aromatic carbocycles. The van der Waals surface area contributed by atoms with Crippen LogP contribution in [0.25, 0.3) is 0 Å². The number of benzene rings is 2. The van der Waals surface area contributed by atoms with E-state index in [1.54, 1.807) is 5.43 Å². The molecule has 2 aromatic rings. The zero-order valence-corrected chi connectivity index (χ0v) is 12.4. The maximum atomic E-state index is 13.5. The minimum atomic E-state index is -5.21. The summed E-state index contributed by atoms with van der Waals surface area (Å²) in [5.41, 5.74) is -3.29. The van der Waals surface area contributed by atoms with Crippen LogP contribution in [-0.2, 0) is 12.4 Å². The van der Waals surface area contributed by atoms with Crippen LogP contribution in [0.2, 0.25) is 0 Å². The predicted molar refractivity (Wildman–Crippen MR) is 69.9 cm³/mol. The number of nitrogens with one attached hydrogen (secondary N) is 2. The van der Waals surface area contributed by atoms with Crippen molar-refractivity contribution >= 4 is 11.4 Å². The van der Waals surface area contributed by atoms with Crippen LogP contribution in [-0.4, -0.2) is 0 Å². The summed E-state index contributed by atoms with van der Waals surface area (Å²) >= 11 is 0. The third-order valence-corrected chi connectivity index (χ3v) is 3.13. The highest BCUT2D eigenvalue weighted by atomic mass is 19.4. The van der Waals surface area contributed by atoms with Crippen molar-refractivity contribution in [1.29, 1.82) is 0 Å². The van der Waals surface area contributed by atoms with Gasteiger partial charge in [-0.2, -0.15) is 26.3 Å². The highest BCUT2D eigenvalue weighted by molar-refractivity contribution is 5.57. The number of alkyl halides is 6. The van der Waals surface area contributed by atoms with E-state index in [9.17, 15) is 48.3 Å². The Morgan fingerprint density at radius 3 is 1.26 bits per heavy atom. The van der Waals surface area contributed by atoms with E-state index in [0.29, 0.717) is 0 Å². The van der Waals surface area contributed by atoms with Gasteiger partial charge in [0.15, 0.2) is 23.3 Å². The van der Waals surface area contributed by atoms with Crippen molar-refractivity contribution in [2.75, 3.05) is 10.9 Å². The quantitative estimate of drug-likeness (QED) is 0.287. The molecule has 2 nitrogen and oxygen atoms in total. The van der Waals surface area contributed by atoms with Crippen LogP contribution in [0, 0.1) is 29.1 Å². The molecule has 0 aliphatic carbocycles. The third-order valence-electron chi connectivity index (χ3n) is 3.13. The SMILES string of the molecule is Fc1c(F)c(F)c(NNc2cc(C(F)(F)F)cc(C(F)(F)F)c2)c(F)c1F. The van der Waals surface area contributed by atoms with Gasteiger partial charge in [-0.1, -0.05) is 0 Å². The largest absolute Gasteiger partial charge is 0.416 e. The predicted octanol–water partition coefficient (Wildman–Crippen LogP) is 5.86. The average Bonchev–Trinajstić information content (AvgIpc) is 2.56. The van der Waals surface area contributed by atoms with Crippen molar-refractivity contribution in [1.82, 2.24) is 0 Å². The number of halogens is 11. The highest BCUT2D eigenvalue weighted by Gasteiger charge is 2.37. The van der Waals surface area contributed by atoms with Gasteiger partial charge in [-0.25, -0.2) is 22.0 Å². The molecule has 27 heavy (non-hydrogen) atoms. The lowest BCUT2D eigenvalue weighted by Crippen LogP contribution is -2.17. The molecule has 0 unspecified atom stereocenters. The standard InChI is InChI=1S/C14H5F11N2/c15-7-8(16)10(18)12(11(19)9(7)17)27-26-6-2-4(13(20,21)22)1-5(3-6)14(23,24)25/h1-3,26-27H. The highest BCUT2D eigenvalue weighted by Crippen LogP contribution is 2.37. The second-order valence-corrected chi connectivity index (χ2v) is 4.99. The molecule has 0 heterocycles. The fourth-order valence-corrected chi connectivity index (χ4v) is 1.88. The van der Waals surface area contributed by atoms with Gasteiger partial charge in [0.05, 0.1) is 16.8 Å². The summed E-state index contributed by atoms with van der Waals surface area (Å²) in [5.74, 6) is -12.0. The van der Waals surface area contributed by atoms with Crippen molar-refractivity contribution in [3.05, 3.63) is 58.4 Å². The lowest BCUT2D eigenvalue weighted by Gasteiger charge is -2.17. The molecule has 0 aliphatic rings. The van der Waals surface area contributed by atoms with Gasteiger partial charge in [0.2, 0.25) is 5.82 Å². The smallest absolute Gasteiger partial charge is 0.301 e. The van der Waals surface area contributed by atoms with Gasteiger partial charge in [-0.05, 0) is 18.2 Å². The molecular formula is C14H5F11N2. The number of hydrogen-bond donors (Lipinski definition) is 2. The first-order chi connectivity index (χ1) is 12.2. The van der Waals surface area contributed by atoms with Crippen molar-refractivity contribution in [2.45, 2.75) is 12.4 Å².